The number of ether oxygens (including phenoxy) is 1. The van der Waals surface area contributed by atoms with Crippen LogP contribution in [0.25, 0.3) is 10.9 Å². The van der Waals surface area contributed by atoms with E-state index in [2.05, 4.69) is 78.5 Å². The van der Waals surface area contributed by atoms with Gasteiger partial charge in [-0.25, -0.2) is 0 Å². The number of rotatable bonds is 7. The second kappa shape index (κ2) is 8.62. The summed E-state index contributed by atoms with van der Waals surface area (Å²) in [6.07, 6.45) is 5.30. The number of aromatic nitrogens is 2. The van der Waals surface area contributed by atoms with Gasteiger partial charge in [-0.1, -0.05) is 38.6 Å². The maximum atomic E-state index is 6.16. The number of nitrogens with one attached hydrogen (secondary N) is 1. The molecule has 1 fully saturated rings. The first-order valence-corrected chi connectivity index (χ1v) is 12.0. The van der Waals surface area contributed by atoms with Gasteiger partial charge in [-0.2, -0.15) is 0 Å². The molecule has 0 aliphatic carbocycles. The summed E-state index contributed by atoms with van der Waals surface area (Å²) in [5.74, 6) is 0.858. The van der Waals surface area contributed by atoms with Crippen LogP contribution in [0.4, 0.5) is 0 Å². The first kappa shape index (κ1) is 21.1. The fraction of sp³-hybridized carbons (Fsp3) is 0.444. The Kier molecular flexibility index (Phi) is 5.68. The summed E-state index contributed by atoms with van der Waals surface area (Å²) in [4.78, 5) is 13.5. The van der Waals surface area contributed by atoms with Crippen LogP contribution in [0.2, 0.25) is 0 Å². The van der Waals surface area contributed by atoms with E-state index < -0.39 is 0 Å². The van der Waals surface area contributed by atoms with Crippen LogP contribution in [0.15, 0.2) is 54.9 Å². The Morgan fingerprint density at radius 1 is 1.19 bits per heavy atom. The van der Waals surface area contributed by atoms with Crippen molar-refractivity contribution >= 4 is 10.9 Å². The lowest BCUT2D eigenvalue weighted by molar-refractivity contribution is 0.0200. The van der Waals surface area contributed by atoms with E-state index in [0.717, 1.165) is 49.6 Å². The molecular weight excluding hydrogens is 396 g/mol. The van der Waals surface area contributed by atoms with Crippen molar-refractivity contribution in [2.75, 3.05) is 19.6 Å². The van der Waals surface area contributed by atoms with Gasteiger partial charge in [0.15, 0.2) is 0 Å². The van der Waals surface area contributed by atoms with Gasteiger partial charge < -0.3 is 14.6 Å². The second-order valence-corrected chi connectivity index (χ2v) is 9.26. The predicted molar refractivity (Wildman–Crippen MR) is 130 cm³/mol. The lowest BCUT2D eigenvalue weighted by Crippen LogP contribution is -2.53. The minimum atomic E-state index is 0.0337. The van der Waals surface area contributed by atoms with Crippen LogP contribution in [0.3, 0.4) is 0 Å². The maximum absolute atomic E-state index is 6.16. The third kappa shape index (κ3) is 3.69. The number of nitrogens with zero attached hydrogens (tertiary/aromatic N) is 3. The van der Waals surface area contributed by atoms with Gasteiger partial charge in [0.25, 0.3) is 0 Å². The van der Waals surface area contributed by atoms with Gasteiger partial charge >= 0.3 is 0 Å². The number of fused-ring (bicyclic) bond motifs is 3. The van der Waals surface area contributed by atoms with Crippen molar-refractivity contribution in [3.05, 3.63) is 71.8 Å². The van der Waals surface area contributed by atoms with Gasteiger partial charge in [0.1, 0.15) is 17.9 Å². The fourth-order valence-electron chi connectivity index (χ4n) is 5.34. The molecule has 5 heteroatoms. The minimum absolute atomic E-state index is 0.0337. The first-order chi connectivity index (χ1) is 15.6. The molecular formula is C27H34N4O. The predicted octanol–water partition coefficient (Wildman–Crippen LogP) is 5.30. The van der Waals surface area contributed by atoms with Crippen molar-refractivity contribution < 1.29 is 4.74 Å². The first-order valence-electron chi connectivity index (χ1n) is 12.0. The zero-order valence-electron chi connectivity index (χ0n) is 19.5. The van der Waals surface area contributed by atoms with Gasteiger partial charge in [0.05, 0.1) is 11.9 Å². The number of hydrogen-bond acceptors (Lipinski definition) is 4. The van der Waals surface area contributed by atoms with Crippen LogP contribution < -0.4 is 4.74 Å². The maximum Gasteiger partial charge on any atom is 0.138 e. The Bertz CT molecular complexity index is 1100. The van der Waals surface area contributed by atoms with Crippen LogP contribution in [0, 0.1) is 0 Å². The van der Waals surface area contributed by atoms with E-state index in [1.54, 1.807) is 0 Å². The standard InChI is InChI=1S/C27H34N4O/c1-5-13-30-16-21(17-30)32-20-11-12-25(28-15-20)27-26-23(14-19(4)31(27)18(3)6-2)22-9-7-8-10-24(22)29-26/h7-12,15,19,21,27,29H,3,5-6,13-14,16-17H2,1-2,4H3/t19-,27-/m1/s1. The number of H-pyrrole nitrogens is 1. The summed E-state index contributed by atoms with van der Waals surface area (Å²) in [5.41, 5.74) is 6.03. The SMILES string of the molecule is C=C(CC)N1[C@H](c2ccc(OC3CN(CCC)C3)cn2)c2[nH]c3ccccc3c2C[C@H]1C. The average molecular weight is 431 g/mol. The average Bonchev–Trinajstić information content (AvgIpc) is 3.15. The Balaban J connectivity index is 1.45. The van der Waals surface area contributed by atoms with Gasteiger partial charge in [-0.15, -0.1) is 0 Å². The third-order valence-electron chi connectivity index (χ3n) is 6.95. The van der Waals surface area contributed by atoms with Crippen molar-refractivity contribution in [3.8, 4) is 5.75 Å². The number of para-hydroxylation sites is 1. The molecule has 2 aromatic heterocycles. The van der Waals surface area contributed by atoms with Crippen LogP contribution >= 0.6 is 0 Å². The number of benzene rings is 1. The number of likely N-dealkylation sites (tertiary alicyclic amines) is 1. The molecule has 2 aliphatic rings. The smallest absolute Gasteiger partial charge is 0.138 e. The molecule has 1 aromatic carbocycles. The number of hydrogen-bond donors (Lipinski definition) is 1. The highest BCUT2D eigenvalue weighted by atomic mass is 16.5. The van der Waals surface area contributed by atoms with E-state index in [0.29, 0.717) is 6.04 Å². The van der Waals surface area contributed by atoms with E-state index >= 15 is 0 Å². The van der Waals surface area contributed by atoms with E-state index in [-0.39, 0.29) is 12.1 Å². The monoisotopic (exact) mass is 430 g/mol. The fourth-order valence-corrected chi connectivity index (χ4v) is 5.34. The van der Waals surface area contributed by atoms with Crippen molar-refractivity contribution in [1.82, 2.24) is 19.8 Å². The van der Waals surface area contributed by atoms with E-state index in [1.165, 1.54) is 28.6 Å². The van der Waals surface area contributed by atoms with Crippen molar-refractivity contribution in [2.24, 2.45) is 0 Å². The van der Waals surface area contributed by atoms with Crippen LogP contribution in [-0.2, 0) is 6.42 Å². The summed E-state index contributed by atoms with van der Waals surface area (Å²) in [5, 5.41) is 1.32. The lowest BCUT2D eigenvalue weighted by atomic mass is 9.89. The van der Waals surface area contributed by atoms with Crippen LogP contribution in [0.1, 0.15) is 56.6 Å². The molecule has 0 saturated carbocycles. The zero-order chi connectivity index (χ0) is 22.2. The Hall–Kier alpha value is -2.79. The molecule has 3 aromatic rings. The molecule has 5 rings (SSSR count). The quantitative estimate of drug-likeness (QED) is 0.553. The number of pyridine rings is 1. The number of allylic oxidation sites excluding steroid dienone is 1. The molecule has 168 valence electrons. The highest BCUT2D eigenvalue weighted by Crippen LogP contribution is 2.42. The second-order valence-electron chi connectivity index (χ2n) is 9.26. The van der Waals surface area contributed by atoms with E-state index in [9.17, 15) is 0 Å². The van der Waals surface area contributed by atoms with Crippen molar-refractivity contribution in [2.45, 2.75) is 58.2 Å². The molecule has 32 heavy (non-hydrogen) atoms. The van der Waals surface area contributed by atoms with Crippen LogP contribution in [0.5, 0.6) is 5.75 Å². The molecule has 0 amide bonds. The molecule has 1 saturated heterocycles. The third-order valence-corrected chi connectivity index (χ3v) is 6.95. The van der Waals surface area contributed by atoms with Gasteiger partial charge in [0, 0.05) is 41.4 Å². The lowest BCUT2D eigenvalue weighted by Gasteiger charge is -2.43. The zero-order valence-corrected chi connectivity index (χ0v) is 19.5. The molecule has 0 radical (unpaired) electrons. The molecule has 0 unspecified atom stereocenters. The summed E-state index contributed by atoms with van der Waals surface area (Å²) < 4.78 is 6.16. The summed E-state index contributed by atoms with van der Waals surface area (Å²) in [6, 6.07) is 13.2. The van der Waals surface area contributed by atoms with Crippen molar-refractivity contribution in [3.63, 3.8) is 0 Å². The Morgan fingerprint density at radius 2 is 2.00 bits per heavy atom. The minimum Gasteiger partial charge on any atom is -0.486 e. The molecule has 5 nitrogen and oxygen atoms in total. The summed E-state index contributed by atoms with van der Waals surface area (Å²) in [6.45, 7) is 14.3. The van der Waals surface area contributed by atoms with Gasteiger partial charge in [0.2, 0.25) is 0 Å². The van der Waals surface area contributed by atoms with Crippen LogP contribution in [-0.4, -0.2) is 51.5 Å². The van der Waals surface area contributed by atoms with E-state index in [4.69, 9.17) is 9.72 Å². The summed E-state index contributed by atoms with van der Waals surface area (Å²) in [7, 11) is 0. The highest BCUT2D eigenvalue weighted by Gasteiger charge is 2.37. The van der Waals surface area contributed by atoms with Gasteiger partial charge in [-0.3, -0.25) is 9.88 Å². The largest absolute Gasteiger partial charge is 0.486 e. The van der Waals surface area contributed by atoms with Crippen molar-refractivity contribution in [1.29, 1.82) is 0 Å². The molecule has 4 heterocycles. The molecule has 0 spiro atoms. The topological polar surface area (TPSA) is 44.4 Å². The normalized spacial score (nSPS) is 21.4. The van der Waals surface area contributed by atoms with Gasteiger partial charge in [-0.05, 0) is 56.5 Å². The highest BCUT2D eigenvalue weighted by molar-refractivity contribution is 5.85. The molecule has 2 atom stereocenters. The molecule has 1 N–H and O–H groups in total. The summed E-state index contributed by atoms with van der Waals surface area (Å²) >= 11 is 0. The molecule has 0 bridgehead atoms. The van der Waals surface area contributed by atoms with E-state index in [1.807, 2.05) is 6.20 Å². The number of aromatic amines is 1. The molecule has 2 aliphatic heterocycles. The Labute approximate surface area is 191 Å². The Morgan fingerprint density at radius 3 is 2.72 bits per heavy atom.